The molecule has 0 saturated heterocycles. The number of esters is 1. The fourth-order valence-corrected chi connectivity index (χ4v) is 2.27. The number of para-hydroxylation sites is 2. The zero-order valence-corrected chi connectivity index (χ0v) is 15.3. The van der Waals surface area contributed by atoms with Crippen LogP contribution in [0.4, 0.5) is 11.4 Å². The van der Waals surface area contributed by atoms with Gasteiger partial charge in [-0.05, 0) is 38.1 Å². The number of rotatable bonds is 7. The number of anilines is 1. The maximum atomic E-state index is 12.2. The quantitative estimate of drug-likeness (QED) is 0.438. The Kier molecular flexibility index (Phi) is 6.73. The van der Waals surface area contributed by atoms with Gasteiger partial charge in [0.25, 0.3) is 11.6 Å². The van der Waals surface area contributed by atoms with E-state index in [9.17, 15) is 19.7 Å². The number of carbonyl (C=O) groups is 2. The van der Waals surface area contributed by atoms with E-state index < -0.39 is 29.0 Å². The molecule has 0 bridgehead atoms. The molecule has 9 heteroatoms. The smallest absolute Gasteiger partial charge is 0.347 e. The van der Waals surface area contributed by atoms with Crippen molar-refractivity contribution < 1.29 is 24.0 Å². The SMILES string of the molecule is CC(OC(=O)C(C)Oc1cccc(Cl)c1)C(=O)Nc1ccccc1[N+](=O)[O-]. The lowest BCUT2D eigenvalue weighted by Gasteiger charge is -2.18. The number of hydrogen-bond acceptors (Lipinski definition) is 6. The molecule has 27 heavy (non-hydrogen) atoms. The number of nitrogens with zero attached hydrogens (tertiary/aromatic N) is 1. The minimum absolute atomic E-state index is 0.0126. The molecular formula is C18H17ClN2O6. The van der Waals surface area contributed by atoms with Crippen molar-refractivity contribution in [3.8, 4) is 5.75 Å². The molecule has 0 fully saturated rings. The van der Waals surface area contributed by atoms with Crippen LogP contribution in [0.25, 0.3) is 0 Å². The number of benzene rings is 2. The number of amides is 1. The fourth-order valence-electron chi connectivity index (χ4n) is 2.09. The van der Waals surface area contributed by atoms with Gasteiger partial charge in [-0.3, -0.25) is 14.9 Å². The van der Waals surface area contributed by atoms with Crippen LogP contribution in [0, 0.1) is 10.1 Å². The number of hydrogen-bond donors (Lipinski definition) is 1. The summed E-state index contributed by atoms with van der Waals surface area (Å²) in [6, 6.07) is 12.1. The zero-order chi connectivity index (χ0) is 20.0. The molecule has 8 nitrogen and oxygen atoms in total. The van der Waals surface area contributed by atoms with Crippen molar-refractivity contribution in [2.75, 3.05) is 5.32 Å². The summed E-state index contributed by atoms with van der Waals surface area (Å²) in [6.45, 7) is 2.82. The number of halogens is 1. The number of carbonyl (C=O) groups excluding carboxylic acids is 2. The van der Waals surface area contributed by atoms with Crippen molar-refractivity contribution in [3.05, 3.63) is 63.7 Å². The second-order valence-corrected chi connectivity index (χ2v) is 6.00. The summed E-state index contributed by atoms with van der Waals surface area (Å²) in [5.41, 5.74) is -0.249. The molecular weight excluding hydrogens is 376 g/mol. The summed E-state index contributed by atoms with van der Waals surface area (Å²) < 4.78 is 10.5. The molecule has 2 rings (SSSR count). The zero-order valence-electron chi connectivity index (χ0n) is 14.5. The molecule has 0 spiro atoms. The van der Waals surface area contributed by atoms with E-state index in [0.29, 0.717) is 10.8 Å². The second-order valence-electron chi connectivity index (χ2n) is 5.56. The van der Waals surface area contributed by atoms with E-state index in [0.717, 1.165) is 0 Å². The molecule has 2 unspecified atom stereocenters. The first-order valence-corrected chi connectivity index (χ1v) is 8.32. The fraction of sp³-hybridized carbons (Fsp3) is 0.222. The van der Waals surface area contributed by atoms with Crippen LogP contribution in [0.2, 0.25) is 5.02 Å². The Labute approximate surface area is 160 Å². The summed E-state index contributed by atoms with van der Waals surface area (Å²) in [6.07, 6.45) is -2.16. The van der Waals surface area contributed by atoms with Crippen molar-refractivity contribution in [1.29, 1.82) is 0 Å². The molecule has 0 aliphatic carbocycles. The van der Waals surface area contributed by atoms with E-state index in [2.05, 4.69) is 5.32 Å². The topological polar surface area (TPSA) is 108 Å². The number of nitro groups is 1. The van der Waals surface area contributed by atoms with Crippen LogP contribution in [-0.2, 0) is 14.3 Å². The predicted octanol–water partition coefficient (Wildman–Crippen LogP) is 3.59. The third-order valence-corrected chi connectivity index (χ3v) is 3.70. The lowest BCUT2D eigenvalue weighted by molar-refractivity contribution is -0.383. The van der Waals surface area contributed by atoms with Crippen LogP contribution >= 0.6 is 11.6 Å². The molecule has 0 saturated carbocycles. The normalized spacial score (nSPS) is 12.6. The Bertz CT molecular complexity index is 857. The van der Waals surface area contributed by atoms with Crippen molar-refractivity contribution >= 4 is 34.9 Å². The molecule has 1 amide bonds. The van der Waals surface area contributed by atoms with Gasteiger partial charge in [0.2, 0.25) is 0 Å². The number of nitro benzene ring substituents is 1. The van der Waals surface area contributed by atoms with Gasteiger partial charge in [0.05, 0.1) is 4.92 Å². The third-order valence-electron chi connectivity index (χ3n) is 3.46. The Morgan fingerprint density at radius 3 is 2.48 bits per heavy atom. The molecule has 2 atom stereocenters. The molecule has 2 aromatic carbocycles. The highest BCUT2D eigenvalue weighted by Crippen LogP contribution is 2.23. The van der Waals surface area contributed by atoms with Crippen LogP contribution in [0.3, 0.4) is 0 Å². The van der Waals surface area contributed by atoms with E-state index in [1.807, 2.05) is 0 Å². The standard InChI is InChI=1S/C18H17ClN2O6/c1-11(17(22)20-15-8-3-4-9-16(15)21(24)25)27-18(23)12(2)26-14-7-5-6-13(19)10-14/h3-12H,1-2H3,(H,20,22). The monoisotopic (exact) mass is 392 g/mol. The van der Waals surface area contributed by atoms with Crippen molar-refractivity contribution in [1.82, 2.24) is 0 Å². The maximum Gasteiger partial charge on any atom is 0.347 e. The Balaban J connectivity index is 1.95. The predicted molar refractivity (Wildman–Crippen MR) is 98.8 cm³/mol. The van der Waals surface area contributed by atoms with Gasteiger partial charge in [-0.2, -0.15) is 0 Å². The highest BCUT2D eigenvalue weighted by molar-refractivity contribution is 6.30. The lowest BCUT2D eigenvalue weighted by Crippen LogP contribution is -2.35. The summed E-state index contributed by atoms with van der Waals surface area (Å²) in [5.74, 6) is -1.09. The van der Waals surface area contributed by atoms with Crippen LogP contribution < -0.4 is 10.1 Å². The summed E-state index contributed by atoms with van der Waals surface area (Å²) in [5, 5.41) is 13.8. The minimum Gasteiger partial charge on any atom is -0.479 e. The lowest BCUT2D eigenvalue weighted by atomic mass is 10.2. The van der Waals surface area contributed by atoms with Crippen molar-refractivity contribution in [2.24, 2.45) is 0 Å². The van der Waals surface area contributed by atoms with Gasteiger partial charge < -0.3 is 14.8 Å². The first kappa shape index (κ1) is 20.2. The van der Waals surface area contributed by atoms with E-state index in [-0.39, 0.29) is 11.4 Å². The Morgan fingerprint density at radius 2 is 1.81 bits per heavy atom. The van der Waals surface area contributed by atoms with Crippen molar-refractivity contribution in [3.63, 3.8) is 0 Å². The Hall–Kier alpha value is -3.13. The molecule has 0 heterocycles. The number of ether oxygens (including phenoxy) is 2. The average Bonchev–Trinajstić information content (AvgIpc) is 2.61. The van der Waals surface area contributed by atoms with Crippen molar-refractivity contribution in [2.45, 2.75) is 26.1 Å². The van der Waals surface area contributed by atoms with Gasteiger partial charge in [-0.25, -0.2) is 4.79 Å². The Morgan fingerprint density at radius 1 is 1.11 bits per heavy atom. The van der Waals surface area contributed by atoms with E-state index in [1.54, 1.807) is 24.3 Å². The van der Waals surface area contributed by atoms with E-state index in [4.69, 9.17) is 21.1 Å². The maximum absolute atomic E-state index is 12.2. The first-order chi connectivity index (χ1) is 12.8. The summed E-state index contributed by atoms with van der Waals surface area (Å²) in [7, 11) is 0. The second kappa shape index (κ2) is 9.00. The van der Waals surface area contributed by atoms with Gasteiger partial charge in [0.1, 0.15) is 11.4 Å². The molecule has 0 aromatic heterocycles. The summed E-state index contributed by atoms with van der Waals surface area (Å²) in [4.78, 5) is 34.6. The summed E-state index contributed by atoms with van der Waals surface area (Å²) >= 11 is 5.85. The van der Waals surface area contributed by atoms with Crippen LogP contribution in [0.1, 0.15) is 13.8 Å². The molecule has 0 aliphatic heterocycles. The molecule has 142 valence electrons. The highest BCUT2D eigenvalue weighted by atomic mass is 35.5. The van der Waals surface area contributed by atoms with Gasteiger partial charge in [0.15, 0.2) is 12.2 Å². The molecule has 1 N–H and O–H groups in total. The first-order valence-electron chi connectivity index (χ1n) is 7.95. The third kappa shape index (κ3) is 5.68. The van der Waals surface area contributed by atoms with Gasteiger partial charge in [-0.15, -0.1) is 0 Å². The van der Waals surface area contributed by atoms with Crippen LogP contribution in [0.15, 0.2) is 48.5 Å². The van der Waals surface area contributed by atoms with Gasteiger partial charge in [-0.1, -0.05) is 29.8 Å². The molecule has 0 radical (unpaired) electrons. The largest absolute Gasteiger partial charge is 0.479 e. The average molecular weight is 393 g/mol. The van der Waals surface area contributed by atoms with Gasteiger partial charge in [0, 0.05) is 11.1 Å². The highest BCUT2D eigenvalue weighted by Gasteiger charge is 2.25. The van der Waals surface area contributed by atoms with E-state index >= 15 is 0 Å². The van der Waals surface area contributed by atoms with Crippen LogP contribution in [-0.4, -0.2) is 29.0 Å². The van der Waals surface area contributed by atoms with Gasteiger partial charge >= 0.3 is 5.97 Å². The van der Waals surface area contributed by atoms with Crippen LogP contribution in [0.5, 0.6) is 5.75 Å². The molecule has 0 aliphatic rings. The molecule has 2 aromatic rings. The minimum atomic E-state index is -1.18. The number of nitrogens with one attached hydrogen (secondary N) is 1. The van der Waals surface area contributed by atoms with E-state index in [1.165, 1.54) is 38.1 Å².